The van der Waals surface area contributed by atoms with Gasteiger partial charge in [-0.3, -0.25) is 4.21 Å². The third-order valence-corrected chi connectivity index (χ3v) is 4.91. The van der Waals surface area contributed by atoms with Gasteiger partial charge in [0.25, 0.3) is 0 Å². The van der Waals surface area contributed by atoms with E-state index in [0.29, 0.717) is 22.2 Å². The second-order valence-corrected chi connectivity index (χ2v) is 6.96. The van der Waals surface area contributed by atoms with Crippen molar-refractivity contribution in [2.75, 3.05) is 5.73 Å². The average Bonchev–Trinajstić information content (AvgIpc) is 2.37. The van der Waals surface area contributed by atoms with Crippen molar-refractivity contribution in [3.05, 3.63) is 63.1 Å². The van der Waals surface area contributed by atoms with Gasteiger partial charge < -0.3 is 5.73 Å². The van der Waals surface area contributed by atoms with E-state index in [1.165, 1.54) is 0 Å². The highest BCUT2D eigenvalue weighted by Crippen LogP contribution is 2.21. The topological polar surface area (TPSA) is 43.1 Å². The summed E-state index contributed by atoms with van der Waals surface area (Å²) < 4.78 is 12.9. The smallest absolute Gasteiger partial charge is 0.0489 e. The van der Waals surface area contributed by atoms with Crippen molar-refractivity contribution in [3.63, 3.8) is 0 Å². The fraction of sp³-hybridized carbons (Fsp3) is 0.143. The maximum absolute atomic E-state index is 12.1. The predicted molar refractivity (Wildman–Crippen MR) is 85.6 cm³/mol. The van der Waals surface area contributed by atoms with E-state index in [2.05, 4.69) is 15.9 Å². The molecule has 19 heavy (non-hydrogen) atoms. The zero-order valence-corrected chi connectivity index (χ0v) is 13.3. The number of halogens is 2. The van der Waals surface area contributed by atoms with Gasteiger partial charge in [0.2, 0.25) is 0 Å². The summed E-state index contributed by atoms with van der Waals surface area (Å²) in [6.45, 7) is 0. The van der Waals surface area contributed by atoms with Crippen molar-refractivity contribution >= 4 is 44.0 Å². The van der Waals surface area contributed by atoms with Gasteiger partial charge in [0.15, 0.2) is 0 Å². The van der Waals surface area contributed by atoms with Gasteiger partial charge in [-0.15, -0.1) is 0 Å². The number of hydrogen-bond donors (Lipinski definition) is 1. The van der Waals surface area contributed by atoms with Crippen LogP contribution in [0.15, 0.2) is 46.9 Å². The van der Waals surface area contributed by atoms with Crippen LogP contribution in [0.2, 0.25) is 5.02 Å². The number of anilines is 1. The van der Waals surface area contributed by atoms with Crippen LogP contribution in [-0.4, -0.2) is 4.21 Å². The van der Waals surface area contributed by atoms with Crippen LogP contribution in [0.3, 0.4) is 0 Å². The first kappa shape index (κ1) is 14.6. The second-order valence-electron chi connectivity index (χ2n) is 4.21. The molecule has 0 bridgehead atoms. The summed E-state index contributed by atoms with van der Waals surface area (Å²) in [6, 6.07) is 13.1. The Kier molecular flexibility index (Phi) is 5.02. The van der Waals surface area contributed by atoms with Gasteiger partial charge in [0, 0.05) is 37.5 Å². The zero-order chi connectivity index (χ0) is 13.8. The molecular weight excluding hydrogens is 346 g/mol. The van der Waals surface area contributed by atoms with E-state index >= 15 is 0 Å². The van der Waals surface area contributed by atoms with Crippen molar-refractivity contribution in [2.45, 2.75) is 11.5 Å². The lowest BCUT2D eigenvalue weighted by Gasteiger charge is -2.05. The molecule has 0 aromatic heterocycles. The number of nitrogens with two attached hydrogens (primary N) is 1. The Morgan fingerprint density at radius 2 is 1.63 bits per heavy atom. The SMILES string of the molecule is Nc1cc(CS(=O)Cc2ccc(Cl)cc2)ccc1Br. The molecule has 0 fully saturated rings. The molecule has 1 unspecified atom stereocenters. The summed E-state index contributed by atoms with van der Waals surface area (Å²) in [7, 11) is -0.957. The number of benzene rings is 2. The summed E-state index contributed by atoms with van der Waals surface area (Å²) in [4.78, 5) is 0. The highest BCUT2D eigenvalue weighted by atomic mass is 79.9. The summed E-state index contributed by atoms with van der Waals surface area (Å²) in [6.07, 6.45) is 0. The highest BCUT2D eigenvalue weighted by molar-refractivity contribution is 9.10. The van der Waals surface area contributed by atoms with Gasteiger partial charge in [-0.25, -0.2) is 0 Å². The number of hydrogen-bond acceptors (Lipinski definition) is 2. The largest absolute Gasteiger partial charge is 0.398 e. The molecule has 2 rings (SSSR count). The van der Waals surface area contributed by atoms with E-state index < -0.39 is 10.8 Å². The van der Waals surface area contributed by atoms with E-state index in [0.717, 1.165) is 15.6 Å². The molecular formula is C14H13BrClNOS. The van der Waals surface area contributed by atoms with Crippen LogP contribution in [0.5, 0.6) is 0 Å². The van der Waals surface area contributed by atoms with E-state index in [-0.39, 0.29) is 0 Å². The second kappa shape index (κ2) is 6.55. The monoisotopic (exact) mass is 357 g/mol. The van der Waals surface area contributed by atoms with Crippen LogP contribution >= 0.6 is 27.5 Å². The van der Waals surface area contributed by atoms with Crippen LogP contribution in [0.25, 0.3) is 0 Å². The Balaban J connectivity index is 2.01. The highest BCUT2D eigenvalue weighted by Gasteiger charge is 2.05. The Morgan fingerprint density at radius 1 is 1.05 bits per heavy atom. The summed E-state index contributed by atoms with van der Waals surface area (Å²) in [5.74, 6) is 1.02. The molecule has 2 aromatic carbocycles. The molecule has 2 N–H and O–H groups in total. The summed E-state index contributed by atoms with van der Waals surface area (Å²) in [5, 5.41) is 0.690. The van der Waals surface area contributed by atoms with Gasteiger partial charge >= 0.3 is 0 Å². The number of rotatable bonds is 4. The molecule has 100 valence electrons. The van der Waals surface area contributed by atoms with Gasteiger partial charge in [-0.1, -0.05) is 29.8 Å². The third-order valence-electron chi connectivity index (χ3n) is 2.63. The first-order valence-corrected chi connectivity index (χ1v) is 8.34. The Labute approximate surface area is 128 Å². The molecule has 0 saturated carbocycles. The van der Waals surface area contributed by atoms with Crippen LogP contribution in [0.1, 0.15) is 11.1 Å². The van der Waals surface area contributed by atoms with E-state index in [4.69, 9.17) is 17.3 Å². The van der Waals surface area contributed by atoms with Crippen molar-refractivity contribution < 1.29 is 4.21 Å². The molecule has 2 aromatic rings. The maximum atomic E-state index is 12.1. The molecule has 0 aliphatic heterocycles. The Bertz CT molecular complexity index is 601. The summed E-state index contributed by atoms with van der Waals surface area (Å²) in [5.41, 5.74) is 8.47. The van der Waals surface area contributed by atoms with E-state index in [9.17, 15) is 4.21 Å². The van der Waals surface area contributed by atoms with Crippen molar-refractivity contribution in [1.82, 2.24) is 0 Å². The first-order valence-electron chi connectivity index (χ1n) is 5.68. The van der Waals surface area contributed by atoms with Crippen molar-refractivity contribution in [2.24, 2.45) is 0 Å². The van der Waals surface area contributed by atoms with Crippen molar-refractivity contribution in [3.8, 4) is 0 Å². The molecule has 0 amide bonds. The third kappa shape index (κ3) is 4.34. The fourth-order valence-electron chi connectivity index (χ4n) is 1.69. The predicted octanol–water partition coefficient (Wildman–Crippen LogP) is 4.13. The normalized spacial score (nSPS) is 12.3. The lowest BCUT2D eigenvalue weighted by Crippen LogP contribution is -2.00. The van der Waals surface area contributed by atoms with Crippen LogP contribution in [0, 0.1) is 0 Å². The fourth-order valence-corrected chi connectivity index (χ4v) is 3.28. The molecule has 5 heteroatoms. The molecule has 0 radical (unpaired) electrons. The lowest BCUT2D eigenvalue weighted by atomic mass is 10.2. The first-order chi connectivity index (χ1) is 9.04. The van der Waals surface area contributed by atoms with Gasteiger partial charge in [-0.05, 0) is 51.3 Å². The van der Waals surface area contributed by atoms with Gasteiger partial charge in [-0.2, -0.15) is 0 Å². The standard InChI is InChI=1S/C14H13BrClNOS/c15-13-6-3-11(7-14(13)17)9-19(18)8-10-1-4-12(16)5-2-10/h1-7H,8-9,17H2. The van der Waals surface area contributed by atoms with Crippen LogP contribution < -0.4 is 5.73 Å². The maximum Gasteiger partial charge on any atom is 0.0489 e. The molecule has 2 nitrogen and oxygen atoms in total. The van der Waals surface area contributed by atoms with Crippen LogP contribution in [-0.2, 0) is 22.3 Å². The lowest BCUT2D eigenvalue weighted by molar-refractivity contribution is 0.682. The van der Waals surface area contributed by atoms with Crippen molar-refractivity contribution in [1.29, 1.82) is 0 Å². The van der Waals surface area contributed by atoms with E-state index in [1.54, 1.807) is 0 Å². The molecule has 0 aliphatic carbocycles. The minimum atomic E-state index is -0.957. The quantitative estimate of drug-likeness (QED) is 0.835. The molecule has 1 atom stereocenters. The Hall–Kier alpha value is -0.840. The van der Waals surface area contributed by atoms with Gasteiger partial charge in [0.1, 0.15) is 0 Å². The molecule has 0 spiro atoms. The minimum absolute atomic E-state index is 0.500. The average molecular weight is 359 g/mol. The van der Waals surface area contributed by atoms with E-state index in [1.807, 2.05) is 42.5 Å². The minimum Gasteiger partial charge on any atom is -0.398 e. The number of nitrogen functional groups attached to an aromatic ring is 1. The van der Waals surface area contributed by atoms with Crippen LogP contribution in [0.4, 0.5) is 5.69 Å². The molecule has 0 saturated heterocycles. The zero-order valence-electron chi connectivity index (χ0n) is 10.1. The summed E-state index contributed by atoms with van der Waals surface area (Å²) >= 11 is 9.16. The molecule has 0 heterocycles. The molecule has 0 aliphatic rings. The van der Waals surface area contributed by atoms with Gasteiger partial charge in [0.05, 0.1) is 0 Å². The Morgan fingerprint density at radius 3 is 2.26 bits per heavy atom.